The highest BCUT2D eigenvalue weighted by molar-refractivity contribution is 6.09. The van der Waals surface area contributed by atoms with Crippen LogP contribution in [0.5, 0.6) is 11.5 Å². The van der Waals surface area contributed by atoms with Gasteiger partial charge in [0.15, 0.2) is 5.82 Å². The topological polar surface area (TPSA) is 46.4 Å². The van der Waals surface area contributed by atoms with Crippen LogP contribution in [0.15, 0.2) is 146 Å². The molecule has 0 unspecified atom stereocenters. The quantitative estimate of drug-likeness (QED) is 0.155. The standard InChI is InChI=1S/C51H49N5O/c1-33(2)43-27-36(35-15-9-8-10-16-35)28-44(34(3)4)49(43)55-32-54(46-21-14-25-53-50(46)55)38-17-13-18-39(30-38)57-40-22-23-42-41-19-11-12-20-45(41)56(47(42)31-40)48-29-37(24-26-52-48)51(5,6)7/h8-31,33-34H,32H2,1-7H3. The summed E-state index contributed by atoms with van der Waals surface area (Å²) in [5, 5.41) is 2.35. The number of ether oxygens (including phenoxy) is 1. The van der Waals surface area contributed by atoms with Gasteiger partial charge in [0.25, 0.3) is 0 Å². The third kappa shape index (κ3) is 6.59. The van der Waals surface area contributed by atoms with Gasteiger partial charge in [-0.1, -0.05) is 103 Å². The first-order chi connectivity index (χ1) is 27.5. The number of aromatic nitrogens is 3. The lowest BCUT2D eigenvalue weighted by atomic mass is 9.88. The fourth-order valence-corrected chi connectivity index (χ4v) is 8.28. The van der Waals surface area contributed by atoms with E-state index in [0.717, 1.165) is 50.9 Å². The van der Waals surface area contributed by atoms with Gasteiger partial charge in [0.2, 0.25) is 0 Å². The van der Waals surface area contributed by atoms with E-state index in [-0.39, 0.29) is 5.41 Å². The number of nitrogens with zero attached hydrogens (tertiary/aromatic N) is 5. The first-order valence-corrected chi connectivity index (χ1v) is 20.1. The SMILES string of the molecule is CC(C)c1cc(-c2ccccc2)cc(C(C)C)c1N1CN(c2cccc(Oc3ccc4c5ccccc5n(-c5cc(C(C)(C)C)ccn5)c4c3)c2)c2cccnc21. The third-order valence-corrected chi connectivity index (χ3v) is 11.2. The van der Waals surface area contributed by atoms with Crippen LogP contribution in [0.4, 0.5) is 22.9 Å². The molecule has 0 fully saturated rings. The average molecular weight is 748 g/mol. The fourth-order valence-electron chi connectivity index (χ4n) is 8.28. The van der Waals surface area contributed by atoms with E-state index in [1.807, 2.05) is 24.5 Å². The maximum Gasteiger partial charge on any atom is 0.158 e. The van der Waals surface area contributed by atoms with Gasteiger partial charge in [0, 0.05) is 41.0 Å². The van der Waals surface area contributed by atoms with Crippen molar-refractivity contribution in [3.8, 4) is 28.4 Å². The summed E-state index contributed by atoms with van der Waals surface area (Å²) in [6.45, 7) is 16.5. The molecule has 0 aliphatic carbocycles. The molecule has 0 spiro atoms. The molecule has 1 aliphatic heterocycles. The number of para-hydroxylation sites is 1. The zero-order valence-corrected chi connectivity index (χ0v) is 33.9. The summed E-state index contributed by atoms with van der Waals surface area (Å²) in [5.41, 5.74) is 11.9. The minimum absolute atomic E-state index is 0.000881. The van der Waals surface area contributed by atoms with E-state index in [1.54, 1.807) is 0 Å². The largest absolute Gasteiger partial charge is 0.457 e. The number of rotatable bonds is 8. The van der Waals surface area contributed by atoms with Crippen molar-refractivity contribution >= 4 is 44.7 Å². The van der Waals surface area contributed by atoms with Crippen LogP contribution in [0.25, 0.3) is 38.8 Å². The molecule has 1 aliphatic rings. The molecule has 0 radical (unpaired) electrons. The van der Waals surface area contributed by atoms with Crippen molar-refractivity contribution in [2.24, 2.45) is 0 Å². The monoisotopic (exact) mass is 747 g/mol. The van der Waals surface area contributed by atoms with Crippen molar-refractivity contribution in [3.63, 3.8) is 0 Å². The van der Waals surface area contributed by atoms with Gasteiger partial charge < -0.3 is 14.5 Å². The summed E-state index contributed by atoms with van der Waals surface area (Å²) >= 11 is 0. The lowest BCUT2D eigenvalue weighted by molar-refractivity contribution is 0.483. The highest BCUT2D eigenvalue weighted by atomic mass is 16.5. The molecule has 6 nitrogen and oxygen atoms in total. The van der Waals surface area contributed by atoms with Crippen molar-refractivity contribution in [1.82, 2.24) is 14.5 Å². The molecule has 5 aromatic carbocycles. The second-order valence-electron chi connectivity index (χ2n) is 16.8. The Bertz CT molecular complexity index is 2730. The van der Waals surface area contributed by atoms with Gasteiger partial charge in [-0.2, -0.15) is 0 Å². The Morgan fingerprint density at radius 3 is 2.05 bits per heavy atom. The second kappa shape index (κ2) is 14.3. The molecule has 6 heteroatoms. The van der Waals surface area contributed by atoms with Gasteiger partial charge in [0.05, 0.1) is 22.4 Å². The predicted molar refractivity (Wildman–Crippen MR) is 237 cm³/mol. The van der Waals surface area contributed by atoms with Gasteiger partial charge in [-0.25, -0.2) is 9.97 Å². The molecular formula is C51H49N5O. The molecule has 9 rings (SSSR count). The van der Waals surface area contributed by atoms with Crippen molar-refractivity contribution in [2.45, 2.75) is 65.7 Å². The lowest BCUT2D eigenvalue weighted by Crippen LogP contribution is -2.26. The molecule has 0 atom stereocenters. The van der Waals surface area contributed by atoms with E-state index in [2.05, 4.69) is 184 Å². The van der Waals surface area contributed by atoms with E-state index < -0.39 is 0 Å². The maximum atomic E-state index is 6.72. The molecular weight excluding hydrogens is 699 g/mol. The van der Waals surface area contributed by atoms with Gasteiger partial charge in [0.1, 0.15) is 24.0 Å². The Kier molecular flexibility index (Phi) is 9.08. The van der Waals surface area contributed by atoms with Gasteiger partial charge in [-0.3, -0.25) is 4.57 Å². The Morgan fingerprint density at radius 2 is 1.30 bits per heavy atom. The smallest absolute Gasteiger partial charge is 0.158 e. The Hall–Kier alpha value is -6.40. The number of benzene rings is 5. The van der Waals surface area contributed by atoms with Crippen molar-refractivity contribution < 1.29 is 4.74 Å². The lowest BCUT2D eigenvalue weighted by Gasteiger charge is -2.29. The van der Waals surface area contributed by atoms with Gasteiger partial charge in [-0.15, -0.1) is 0 Å². The zero-order chi connectivity index (χ0) is 39.4. The minimum Gasteiger partial charge on any atom is -0.457 e. The number of fused-ring (bicyclic) bond motifs is 4. The van der Waals surface area contributed by atoms with E-state index >= 15 is 0 Å². The Morgan fingerprint density at radius 1 is 0.579 bits per heavy atom. The van der Waals surface area contributed by atoms with Crippen LogP contribution in [0.2, 0.25) is 0 Å². The van der Waals surface area contributed by atoms with Crippen molar-refractivity contribution in [2.75, 3.05) is 16.5 Å². The molecule has 4 heterocycles. The zero-order valence-electron chi connectivity index (χ0n) is 33.9. The number of hydrogen-bond donors (Lipinski definition) is 0. The highest BCUT2D eigenvalue weighted by Crippen LogP contribution is 2.49. The van der Waals surface area contributed by atoms with Crippen LogP contribution in [0, 0.1) is 0 Å². The maximum absolute atomic E-state index is 6.72. The summed E-state index contributed by atoms with van der Waals surface area (Å²) < 4.78 is 8.98. The van der Waals surface area contributed by atoms with Crippen molar-refractivity contribution in [3.05, 3.63) is 163 Å². The third-order valence-electron chi connectivity index (χ3n) is 11.2. The number of pyridine rings is 2. The van der Waals surface area contributed by atoms with Gasteiger partial charge in [-0.05, 0) is 112 Å². The van der Waals surface area contributed by atoms with Crippen molar-refractivity contribution in [1.29, 1.82) is 0 Å². The van der Waals surface area contributed by atoms with E-state index in [1.165, 1.54) is 38.9 Å². The summed E-state index contributed by atoms with van der Waals surface area (Å²) in [7, 11) is 0. The summed E-state index contributed by atoms with van der Waals surface area (Å²) in [6.07, 6.45) is 3.82. The number of anilines is 4. The van der Waals surface area contributed by atoms with E-state index in [9.17, 15) is 0 Å². The molecule has 8 aromatic rings. The summed E-state index contributed by atoms with van der Waals surface area (Å²) in [4.78, 5) is 14.6. The van der Waals surface area contributed by atoms with Crippen LogP contribution in [0.1, 0.15) is 77.0 Å². The number of hydrogen-bond acceptors (Lipinski definition) is 5. The second-order valence-corrected chi connectivity index (χ2v) is 16.8. The van der Waals surface area contributed by atoms with Crippen LogP contribution in [-0.4, -0.2) is 21.2 Å². The molecule has 0 N–H and O–H groups in total. The molecule has 57 heavy (non-hydrogen) atoms. The predicted octanol–water partition coefficient (Wildman–Crippen LogP) is 13.8. The van der Waals surface area contributed by atoms with Crippen LogP contribution in [-0.2, 0) is 5.41 Å². The molecule has 0 saturated heterocycles. The summed E-state index contributed by atoms with van der Waals surface area (Å²) in [6, 6.07) is 47.3. The van der Waals surface area contributed by atoms with Crippen LogP contribution >= 0.6 is 0 Å². The molecule has 3 aromatic heterocycles. The highest BCUT2D eigenvalue weighted by Gasteiger charge is 2.33. The Balaban J connectivity index is 1.09. The minimum atomic E-state index is -0.000881. The van der Waals surface area contributed by atoms with Gasteiger partial charge >= 0.3 is 0 Å². The average Bonchev–Trinajstić information content (AvgIpc) is 3.76. The normalized spacial score (nSPS) is 13.0. The first-order valence-electron chi connectivity index (χ1n) is 20.1. The Labute approximate surface area is 336 Å². The molecule has 0 saturated carbocycles. The molecule has 0 bridgehead atoms. The van der Waals surface area contributed by atoms with E-state index in [4.69, 9.17) is 14.7 Å². The molecule has 284 valence electrons. The van der Waals surface area contributed by atoms with E-state index in [0.29, 0.717) is 18.5 Å². The summed E-state index contributed by atoms with van der Waals surface area (Å²) in [5.74, 6) is 4.02. The first kappa shape index (κ1) is 36.3. The van der Waals surface area contributed by atoms with Crippen LogP contribution in [0.3, 0.4) is 0 Å². The molecule has 0 amide bonds. The van der Waals surface area contributed by atoms with Crippen LogP contribution < -0.4 is 14.5 Å². The fraction of sp³-hybridized carbons (Fsp3) is 0.216.